The minimum absolute atomic E-state index is 0.318. The van der Waals surface area contributed by atoms with Gasteiger partial charge in [0.1, 0.15) is 0 Å². The maximum absolute atomic E-state index is 12.5. The second kappa shape index (κ2) is 5.48. The molecule has 1 fully saturated rings. The summed E-state index contributed by atoms with van der Waals surface area (Å²) in [7, 11) is 0. The minimum Gasteiger partial charge on any atom is -0.338 e. The number of hydrogen-bond donors (Lipinski definition) is 0. The van der Waals surface area contributed by atoms with Crippen molar-refractivity contribution in [3.05, 3.63) is 35.7 Å². The molecule has 0 unspecified atom stereocenters. The van der Waals surface area contributed by atoms with Crippen molar-refractivity contribution in [1.82, 2.24) is 15.0 Å². The van der Waals surface area contributed by atoms with Gasteiger partial charge in [0.25, 0.3) is 0 Å². The molecule has 0 spiro atoms. The van der Waals surface area contributed by atoms with E-state index in [0.29, 0.717) is 23.8 Å². The van der Waals surface area contributed by atoms with Gasteiger partial charge >= 0.3 is 6.18 Å². The predicted octanol–water partition coefficient (Wildman–Crippen LogP) is 3.35. The highest BCUT2D eigenvalue weighted by Gasteiger charge is 2.30. The van der Waals surface area contributed by atoms with E-state index in [-0.39, 0.29) is 0 Å². The van der Waals surface area contributed by atoms with Crippen LogP contribution >= 0.6 is 0 Å². The van der Waals surface area contributed by atoms with Crippen LogP contribution in [0.15, 0.2) is 28.8 Å². The largest absolute Gasteiger partial charge is 0.416 e. The molecule has 21 heavy (non-hydrogen) atoms. The summed E-state index contributed by atoms with van der Waals surface area (Å²) in [4.78, 5) is 6.45. The number of aromatic nitrogens is 2. The second-order valence-electron chi connectivity index (χ2n) is 5.07. The smallest absolute Gasteiger partial charge is 0.338 e. The van der Waals surface area contributed by atoms with E-state index in [1.165, 1.54) is 25.0 Å². The molecule has 0 radical (unpaired) electrons. The highest BCUT2D eigenvalue weighted by Crippen LogP contribution is 2.30. The fraction of sp³-hybridized carbons (Fsp3) is 0.429. The lowest BCUT2D eigenvalue weighted by molar-refractivity contribution is -0.137. The zero-order chi connectivity index (χ0) is 14.9. The Hall–Kier alpha value is -1.89. The van der Waals surface area contributed by atoms with Crippen LogP contribution in [0, 0.1) is 0 Å². The number of likely N-dealkylation sites (tertiary alicyclic amines) is 1. The fourth-order valence-electron chi connectivity index (χ4n) is 2.38. The van der Waals surface area contributed by atoms with Gasteiger partial charge < -0.3 is 4.52 Å². The molecule has 1 aliphatic heterocycles. The monoisotopic (exact) mass is 297 g/mol. The summed E-state index contributed by atoms with van der Waals surface area (Å²) in [6.07, 6.45) is -2.00. The topological polar surface area (TPSA) is 42.2 Å². The van der Waals surface area contributed by atoms with Gasteiger partial charge in [0.2, 0.25) is 11.7 Å². The van der Waals surface area contributed by atoms with Crippen molar-refractivity contribution >= 4 is 0 Å². The number of halogens is 3. The average molecular weight is 297 g/mol. The van der Waals surface area contributed by atoms with Gasteiger partial charge in [-0.05, 0) is 38.1 Å². The molecule has 7 heteroatoms. The summed E-state index contributed by atoms with van der Waals surface area (Å²) in [5.41, 5.74) is -0.175. The van der Waals surface area contributed by atoms with Gasteiger partial charge in [0.05, 0.1) is 12.1 Å². The second-order valence-corrected chi connectivity index (χ2v) is 5.07. The lowest BCUT2D eigenvalue weighted by Gasteiger charge is -2.09. The SMILES string of the molecule is FC(F)(F)c1ccc(-c2noc(CN3CCCC3)n2)cc1. The summed E-state index contributed by atoms with van der Waals surface area (Å²) < 4.78 is 42.6. The number of rotatable bonds is 3. The van der Waals surface area contributed by atoms with E-state index in [1.54, 1.807) is 0 Å². The zero-order valence-electron chi connectivity index (χ0n) is 11.2. The third-order valence-corrected chi connectivity index (χ3v) is 3.50. The highest BCUT2D eigenvalue weighted by molar-refractivity contribution is 5.54. The van der Waals surface area contributed by atoms with Crippen molar-refractivity contribution in [1.29, 1.82) is 0 Å². The molecular formula is C14H14F3N3O. The standard InChI is InChI=1S/C14H14F3N3O/c15-14(16,17)11-5-3-10(4-6-11)13-18-12(21-19-13)9-20-7-1-2-8-20/h3-6H,1-2,7-9H2. The van der Waals surface area contributed by atoms with E-state index in [9.17, 15) is 13.2 Å². The Bertz CT molecular complexity index is 601. The maximum atomic E-state index is 12.5. The van der Waals surface area contributed by atoms with Crippen LogP contribution in [0.3, 0.4) is 0 Å². The molecule has 0 N–H and O–H groups in total. The molecule has 0 bridgehead atoms. The van der Waals surface area contributed by atoms with Crippen molar-refractivity contribution in [3.63, 3.8) is 0 Å². The molecule has 112 valence electrons. The third kappa shape index (κ3) is 3.24. The maximum Gasteiger partial charge on any atom is 0.416 e. The zero-order valence-corrected chi connectivity index (χ0v) is 11.2. The van der Waals surface area contributed by atoms with E-state index in [4.69, 9.17) is 4.52 Å². The van der Waals surface area contributed by atoms with Crippen LogP contribution in [0.4, 0.5) is 13.2 Å². The van der Waals surface area contributed by atoms with Gasteiger partial charge in [-0.15, -0.1) is 0 Å². The van der Waals surface area contributed by atoms with Gasteiger partial charge in [-0.25, -0.2) is 0 Å². The molecule has 4 nitrogen and oxygen atoms in total. The first kappa shape index (κ1) is 14.1. The first-order chi connectivity index (χ1) is 10.0. The molecule has 1 aliphatic rings. The molecule has 3 rings (SSSR count). The van der Waals surface area contributed by atoms with E-state index in [0.717, 1.165) is 25.2 Å². The van der Waals surface area contributed by atoms with E-state index in [2.05, 4.69) is 15.0 Å². The van der Waals surface area contributed by atoms with Crippen LogP contribution in [0.2, 0.25) is 0 Å². The van der Waals surface area contributed by atoms with Crippen molar-refractivity contribution in [2.24, 2.45) is 0 Å². The molecule has 0 aliphatic carbocycles. The third-order valence-electron chi connectivity index (χ3n) is 3.50. The lowest BCUT2D eigenvalue weighted by Crippen LogP contribution is -2.18. The molecule has 1 saturated heterocycles. The Balaban J connectivity index is 1.73. The van der Waals surface area contributed by atoms with Crippen molar-refractivity contribution in [2.75, 3.05) is 13.1 Å². The van der Waals surface area contributed by atoms with E-state index >= 15 is 0 Å². The van der Waals surface area contributed by atoms with Gasteiger partial charge in [-0.3, -0.25) is 4.90 Å². The first-order valence-electron chi connectivity index (χ1n) is 6.75. The van der Waals surface area contributed by atoms with Crippen LogP contribution in [0.25, 0.3) is 11.4 Å². The van der Waals surface area contributed by atoms with Crippen molar-refractivity contribution in [3.8, 4) is 11.4 Å². The number of hydrogen-bond acceptors (Lipinski definition) is 4. The van der Waals surface area contributed by atoms with E-state index in [1.807, 2.05) is 0 Å². The molecule has 0 saturated carbocycles. The number of nitrogens with zero attached hydrogens (tertiary/aromatic N) is 3. The average Bonchev–Trinajstić information content (AvgIpc) is 3.10. The number of alkyl halides is 3. The fourth-order valence-corrected chi connectivity index (χ4v) is 2.38. The first-order valence-corrected chi connectivity index (χ1v) is 6.75. The van der Waals surface area contributed by atoms with Gasteiger partial charge in [0, 0.05) is 5.56 Å². The van der Waals surface area contributed by atoms with Gasteiger partial charge in [0.15, 0.2) is 0 Å². The Morgan fingerprint density at radius 1 is 1.10 bits per heavy atom. The molecule has 1 aromatic heterocycles. The van der Waals surface area contributed by atoms with Crippen molar-refractivity contribution < 1.29 is 17.7 Å². The van der Waals surface area contributed by atoms with Crippen LogP contribution in [0.5, 0.6) is 0 Å². The molecule has 2 heterocycles. The Kier molecular flexibility index (Phi) is 3.67. The summed E-state index contributed by atoms with van der Waals surface area (Å²) in [5, 5.41) is 3.83. The quantitative estimate of drug-likeness (QED) is 0.871. The number of benzene rings is 1. The Labute approximate surface area is 119 Å². The van der Waals surface area contributed by atoms with Gasteiger partial charge in [-0.2, -0.15) is 18.2 Å². The highest BCUT2D eigenvalue weighted by atomic mass is 19.4. The van der Waals surface area contributed by atoms with Crippen LogP contribution in [0.1, 0.15) is 24.3 Å². The minimum atomic E-state index is -4.34. The Morgan fingerprint density at radius 2 is 1.76 bits per heavy atom. The normalized spacial score (nSPS) is 16.5. The molecule has 1 aromatic carbocycles. The van der Waals surface area contributed by atoms with Crippen molar-refractivity contribution in [2.45, 2.75) is 25.6 Å². The summed E-state index contributed by atoms with van der Waals surface area (Å²) >= 11 is 0. The summed E-state index contributed by atoms with van der Waals surface area (Å²) in [6.45, 7) is 2.61. The van der Waals surface area contributed by atoms with Crippen LogP contribution in [-0.4, -0.2) is 28.1 Å². The molecule has 0 amide bonds. The summed E-state index contributed by atoms with van der Waals surface area (Å²) in [5.74, 6) is 0.810. The lowest BCUT2D eigenvalue weighted by atomic mass is 10.1. The van der Waals surface area contributed by atoms with Gasteiger partial charge in [-0.1, -0.05) is 17.3 Å². The molecule has 0 atom stereocenters. The predicted molar refractivity (Wildman–Crippen MR) is 69.2 cm³/mol. The van der Waals surface area contributed by atoms with Crippen LogP contribution < -0.4 is 0 Å². The Morgan fingerprint density at radius 3 is 2.38 bits per heavy atom. The summed E-state index contributed by atoms with van der Waals surface area (Å²) in [6, 6.07) is 4.75. The van der Waals surface area contributed by atoms with Crippen LogP contribution in [-0.2, 0) is 12.7 Å². The molecular weight excluding hydrogens is 283 g/mol. The van der Waals surface area contributed by atoms with E-state index < -0.39 is 11.7 Å². The molecule has 2 aromatic rings.